The van der Waals surface area contributed by atoms with Crippen molar-refractivity contribution in [3.05, 3.63) is 23.5 Å². The van der Waals surface area contributed by atoms with Crippen LogP contribution in [-0.2, 0) is 20.6 Å². The number of carbonyl (C=O) groups excluding carboxylic acids is 1. The molecule has 1 N–H and O–H groups in total. The summed E-state index contributed by atoms with van der Waals surface area (Å²) in [5, 5.41) is 2.71. The molecule has 1 aromatic rings. The molecule has 6 nitrogen and oxygen atoms in total. The Labute approximate surface area is 150 Å². The molecule has 0 spiro atoms. The predicted molar refractivity (Wildman–Crippen MR) is 97.8 cm³/mol. The number of aromatic nitrogens is 1. The van der Waals surface area contributed by atoms with Crippen LogP contribution in [0.1, 0.15) is 59.9 Å². The molecule has 0 unspecified atom stereocenters. The van der Waals surface area contributed by atoms with Gasteiger partial charge in [0.2, 0.25) is 0 Å². The van der Waals surface area contributed by atoms with Crippen molar-refractivity contribution in [3.63, 3.8) is 0 Å². The van der Waals surface area contributed by atoms with Crippen LogP contribution in [0.2, 0.25) is 0 Å². The van der Waals surface area contributed by atoms with Crippen LogP contribution < -0.4 is 10.8 Å². The first-order chi connectivity index (χ1) is 11.3. The number of aryl methyl sites for hydroxylation is 1. The summed E-state index contributed by atoms with van der Waals surface area (Å²) in [6.45, 7) is 15.8. The highest BCUT2D eigenvalue weighted by atomic mass is 16.7. The fraction of sp³-hybridized carbons (Fsp3) is 0.667. The van der Waals surface area contributed by atoms with Gasteiger partial charge in [0.15, 0.2) is 0 Å². The van der Waals surface area contributed by atoms with Gasteiger partial charge in [-0.1, -0.05) is 6.07 Å². The van der Waals surface area contributed by atoms with Crippen molar-refractivity contribution in [1.82, 2.24) is 10.3 Å². The molecular weight excluding hydrogens is 319 g/mol. The van der Waals surface area contributed by atoms with Crippen molar-refractivity contribution in [2.45, 2.75) is 78.7 Å². The minimum Gasteiger partial charge on any atom is -0.444 e. The van der Waals surface area contributed by atoms with E-state index in [-0.39, 0.29) is 11.2 Å². The summed E-state index contributed by atoms with van der Waals surface area (Å²) in [5.74, 6) is 0. The lowest BCUT2D eigenvalue weighted by Gasteiger charge is -2.32. The Morgan fingerprint density at radius 2 is 1.76 bits per heavy atom. The molecule has 1 aromatic heterocycles. The number of hydrogen-bond donors (Lipinski definition) is 1. The fourth-order valence-corrected chi connectivity index (χ4v) is 2.42. The molecule has 1 amide bonds. The number of amides is 1. The molecule has 138 valence electrons. The van der Waals surface area contributed by atoms with E-state index < -0.39 is 18.8 Å². The van der Waals surface area contributed by atoms with Crippen molar-refractivity contribution in [3.8, 4) is 0 Å². The van der Waals surface area contributed by atoms with Gasteiger partial charge in [-0.15, -0.1) is 0 Å². The van der Waals surface area contributed by atoms with E-state index in [9.17, 15) is 4.79 Å². The summed E-state index contributed by atoms with van der Waals surface area (Å²) in [7, 11) is -0.439. The lowest BCUT2D eigenvalue weighted by atomic mass is 9.78. The predicted octanol–water partition coefficient (Wildman–Crippen LogP) is 2.71. The number of carbonyl (C=O) groups is 1. The van der Waals surface area contributed by atoms with Crippen molar-refractivity contribution in [2.24, 2.45) is 0 Å². The van der Waals surface area contributed by atoms with Gasteiger partial charge in [-0.05, 0) is 61.5 Å². The number of hydrogen-bond acceptors (Lipinski definition) is 5. The maximum Gasteiger partial charge on any atom is 0.496 e. The molecule has 1 saturated heterocycles. The molecule has 2 rings (SSSR count). The Morgan fingerprint density at radius 3 is 2.24 bits per heavy atom. The number of pyridine rings is 1. The third-order valence-corrected chi connectivity index (χ3v) is 4.50. The smallest absolute Gasteiger partial charge is 0.444 e. The highest BCUT2D eigenvalue weighted by Crippen LogP contribution is 2.36. The van der Waals surface area contributed by atoms with Crippen molar-refractivity contribution in [2.75, 3.05) is 0 Å². The van der Waals surface area contributed by atoms with Gasteiger partial charge in [0, 0.05) is 11.2 Å². The Balaban J connectivity index is 2.03. The molecule has 1 aliphatic heterocycles. The highest BCUT2D eigenvalue weighted by Gasteiger charge is 2.52. The van der Waals surface area contributed by atoms with Crippen LogP contribution in [0.3, 0.4) is 0 Å². The Hall–Kier alpha value is -1.60. The average Bonchev–Trinajstić information content (AvgIpc) is 2.63. The number of rotatable bonds is 3. The normalized spacial score (nSPS) is 19.0. The second-order valence-electron chi connectivity index (χ2n) is 8.42. The van der Waals surface area contributed by atoms with E-state index in [0.717, 1.165) is 16.9 Å². The molecule has 1 fully saturated rings. The van der Waals surface area contributed by atoms with E-state index in [2.05, 4.69) is 10.3 Å². The average molecular weight is 348 g/mol. The molecule has 25 heavy (non-hydrogen) atoms. The van der Waals surface area contributed by atoms with Gasteiger partial charge in [0.05, 0.1) is 23.4 Å². The van der Waals surface area contributed by atoms with Gasteiger partial charge in [0.1, 0.15) is 5.60 Å². The summed E-state index contributed by atoms with van der Waals surface area (Å²) in [5.41, 5.74) is 1.18. The summed E-state index contributed by atoms with van der Waals surface area (Å²) >= 11 is 0. The minimum absolute atomic E-state index is 0.305. The molecule has 0 aromatic carbocycles. The SMILES string of the molecule is Cc1nc(CNC(=O)OC(C)(C)C)ccc1B1OC(C)(C)C(C)(C)O1. The minimum atomic E-state index is -0.520. The zero-order valence-electron chi connectivity index (χ0n) is 16.5. The summed E-state index contributed by atoms with van der Waals surface area (Å²) < 4.78 is 17.4. The third kappa shape index (κ3) is 4.73. The topological polar surface area (TPSA) is 69.7 Å². The van der Waals surface area contributed by atoms with Crippen LogP contribution in [-0.4, -0.2) is 35.0 Å². The van der Waals surface area contributed by atoms with Crippen LogP contribution >= 0.6 is 0 Å². The number of nitrogens with one attached hydrogen (secondary N) is 1. The lowest BCUT2D eigenvalue weighted by molar-refractivity contribution is 0.00578. The fourth-order valence-electron chi connectivity index (χ4n) is 2.42. The molecule has 7 heteroatoms. The molecule has 2 heterocycles. The lowest BCUT2D eigenvalue weighted by Crippen LogP contribution is -2.41. The quantitative estimate of drug-likeness (QED) is 0.851. The highest BCUT2D eigenvalue weighted by molar-refractivity contribution is 6.62. The molecule has 0 saturated carbocycles. The summed E-state index contributed by atoms with van der Waals surface area (Å²) in [6.07, 6.45) is -0.456. The van der Waals surface area contributed by atoms with Crippen molar-refractivity contribution in [1.29, 1.82) is 0 Å². The summed E-state index contributed by atoms with van der Waals surface area (Å²) in [4.78, 5) is 16.3. The standard InChI is InChI=1S/C18H29BN2O4/c1-12-14(19-24-17(5,6)18(7,8)25-19)10-9-13(21-12)11-20-15(22)23-16(2,3)4/h9-10H,11H2,1-8H3,(H,20,22). The van der Waals surface area contributed by atoms with Gasteiger partial charge in [-0.2, -0.15) is 0 Å². The van der Waals surface area contributed by atoms with Gasteiger partial charge < -0.3 is 19.4 Å². The Morgan fingerprint density at radius 1 is 1.20 bits per heavy atom. The van der Waals surface area contributed by atoms with Crippen LogP contribution in [0.5, 0.6) is 0 Å². The Bertz CT molecular complexity index is 637. The first kappa shape index (κ1) is 19.7. The maximum absolute atomic E-state index is 11.7. The van der Waals surface area contributed by atoms with Crippen molar-refractivity contribution < 1.29 is 18.8 Å². The second-order valence-corrected chi connectivity index (χ2v) is 8.42. The Kier molecular flexibility index (Phi) is 5.22. The number of alkyl carbamates (subject to hydrolysis) is 1. The first-order valence-electron chi connectivity index (χ1n) is 8.60. The largest absolute Gasteiger partial charge is 0.496 e. The molecule has 0 bridgehead atoms. The van der Waals surface area contributed by atoms with E-state index in [4.69, 9.17) is 14.0 Å². The molecule has 0 atom stereocenters. The zero-order chi connectivity index (χ0) is 19.0. The zero-order valence-corrected chi connectivity index (χ0v) is 16.5. The van der Waals surface area contributed by atoms with Crippen molar-refractivity contribution >= 4 is 18.7 Å². The number of ether oxygens (including phenoxy) is 1. The van der Waals surface area contributed by atoms with E-state index in [1.54, 1.807) is 0 Å². The van der Waals surface area contributed by atoms with Gasteiger partial charge in [-0.3, -0.25) is 4.98 Å². The van der Waals surface area contributed by atoms with E-state index >= 15 is 0 Å². The van der Waals surface area contributed by atoms with Crippen LogP contribution in [0.25, 0.3) is 0 Å². The molecule has 0 radical (unpaired) electrons. The van der Waals surface area contributed by atoms with Gasteiger partial charge in [-0.25, -0.2) is 4.79 Å². The third-order valence-electron chi connectivity index (χ3n) is 4.50. The van der Waals surface area contributed by atoms with E-state index in [0.29, 0.717) is 6.54 Å². The van der Waals surface area contributed by atoms with Crippen LogP contribution in [0.15, 0.2) is 12.1 Å². The first-order valence-corrected chi connectivity index (χ1v) is 8.60. The van der Waals surface area contributed by atoms with Gasteiger partial charge in [0.25, 0.3) is 0 Å². The molecule has 1 aliphatic rings. The molecular formula is C18H29BN2O4. The van der Waals surface area contributed by atoms with E-state index in [1.165, 1.54) is 0 Å². The van der Waals surface area contributed by atoms with Gasteiger partial charge >= 0.3 is 13.2 Å². The van der Waals surface area contributed by atoms with Crippen LogP contribution in [0.4, 0.5) is 4.79 Å². The van der Waals surface area contributed by atoms with Crippen LogP contribution in [0, 0.1) is 6.92 Å². The summed E-state index contributed by atoms with van der Waals surface area (Å²) in [6, 6.07) is 3.81. The monoisotopic (exact) mass is 348 g/mol. The number of nitrogens with zero attached hydrogens (tertiary/aromatic N) is 1. The maximum atomic E-state index is 11.7. The molecule has 0 aliphatic carbocycles. The van der Waals surface area contributed by atoms with E-state index in [1.807, 2.05) is 67.5 Å². The second kappa shape index (κ2) is 6.61.